The molecule has 1 unspecified atom stereocenters. The van der Waals surface area contributed by atoms with Gasteiger partial charge in [0.15, 0.2) is 0 Å². The van der Waals surface area contributed by atoms with Gasteiger partial charge >= 0.3 is 0 Å². The Morgan fingerprint density at radius 2 is 2.37 bits per heavy atom. The Bertz CT molecular complexity index is 493. The third-order valence-electron chi connectivity index (χ3n) is 3.31. The Labute approximate surface area is 113 Å². The average Bonchev–Trinajstić information content (AvgIpc) is 2.76. The van der Waals surface area contributed by atoms with Crippen molar-refractivity contribution in [3.63, 3.8) is 0 Å². The zero-order valence-corrected chi connectivity index (χ0v) is 12.0. The van der Waals surface area contributed by atoms with Crippen LogP contribution in [0.25, 0.3) is 0 Å². The minimum absolute atomic E-state index is 0.0843. The first-order valence-corrected chi connectivity index (χ1v) is 8.26. The summed E-state index contributed by atoms with van der Waals surface area (Å²) in [7, 11) is -1.37. The summed E-state index contributed by atoms with van der Waals surface area (Å²) in [6.07, 6.45) is 5.33. The van der Waals surface area contributed by atoms with E-state index in [-0.39, 0.29) is 11.8 Å². The molecule has 0 bridgehead atoms. The molecular formula is C11H21N5O2S. The van der Waals surface area contributed by atoms with E-state index in [1.165, 1.54) is 0 Å². The number of aromatic nitrogens is 3. The van der Waals surface area contributed by atoms with E-state index in [1.54, 1.807) is 10.9 Å². The number of nitrogens with zero attached hydrogens (tertiary/aromatic N) is 3. The molecule has 1 atom stereocenters. The van der Waals surface area contributed by atoms with Crippen molar-refractivity contribution in [3.8, 4) is 0 Å². The number of aryl methyl sites for hydroxylation is 1. The molecule has 1 fully saturated rings. The number of sulfonamides is 1. The lowest BCUT2D eigenvalue weighted by Crippen LogP contribution is -2.43. The maximum absolute atomic E-state index is 11.9. The molecule has 0 radical (unpaired) electrons. The standard InChI is InChI=1S/C11H21N5O2S/c1-16-9-13-15-11(16)5-7-14-19(17,18)8-10-4-2-3-6-12-10/h9-10,12,14H,2-8H2,1H3. The highest BCUT2D eigenvalue weighted by Gasteiger charge is 2.20. The van der Waals surface area contributed by atoms with Gasteiger partial charge in [0.1, 0.15) is 12.2 Å². The highest BCUT2D eigenvalue weighted by Crippen LogP contribution is 2.08. The van der Waals surface area contributed by atoms with Gasteiger partial charge in [0.2, 0.25) is 10.0 Å². The predicted octanol–water partition coefficient (Wildman–Crippen LogP) is -0.581. The summed E-state index contributed by atoms with van der Waals surface area (Å²) in [6.45, 7) is 1.28. The maximum Gasteiger partial charge on any atom is 0.213 e. The number of nitrogens with one attached hydrogen (secondary N) is 2. The Balaban J connectivity index is 1.76. The Kier molecular flexibility index (Phi) is 4.89. The zero-order valence-electron chi connectivity index (χ0n) is 11.2. The average molecular weight is 287 g/mol. The van der Waals surface area contributed by atoms with E-state index >= 15 is 0 Å². The van der Waals surface area contributed by atoms with Gasteiger partial charge in [-0.3, -0.25) is 0 Å². The quantitative estimate of drug-likeness (QED) is 0.731. The molecule has 1 saturated heterocycles. The van der Waals surface area contributed by atoms with Crippen molar-refractivity contribution in [2.45, 2.75) is 31.7 Å². The first-order valence-electron chi connectivity index (χ1n) is 6.60. The minimum atomic E-state index is -3.22. The summed E-state index contributed by atoms with van der Waals surface area (Å²) in [5, 5.41) is 10.9. The lowest BCUT2D eigenvalue weighted by Gasteiger charge is -2.23. The number of rotatable bonds is 6. The molecule has 0 aromatic carbocycles. The molecule has 108 valence electrons. The van der Waals surface area contributed by atoms with Crippen LogP contribution >= 0.6 is 0 Å². The Morgan fingerprint density at radius 1 is 1.53 bits per heavy atom. The summed E-state index contributed by atoms with van der Waals surface area (Å²) in [5.74, 6) is 0.935. The molecule has 2 rings (SSSR count). The van der Waals surface area contributed by atoms with Gasteiger partial charge in [-0.05, 0) is 19.4 Å². The third-order valence-corrected chi connectivity index (χ3v) is 4.79. The van der Waals surface area contributed by atoms with Crippen LogP contribution in [0.4, 0.5) is 0 Å². The van der Waals surface area contributed by atoms with Crippen molar-refractivity contribution in [2.24, 2.45) is 7.05 Å². The van der Waals surface area contributed by atoms with E-state index in [0.717, 1.165) is 31.6 Å². The Morgan fingerprint density at radius 3 is 3.00 bits per heavy atom. The van der Waals surface area contributed by atoms with Crippen LogP contribution in [-0.4, -0.2) is 48.1 Å². The summed E-state index contributed by atoms with van der Waals surface area (Å²) < 4.78 is 28.2. The molecule has 0 aliphatic carbocycles. The highest BCUT2D eigenvalue weighted by molar-refractivity contribution is 7.89. The van der Waals surface area contributed by atoms with Crippen molar-refractivity contribution in [3.05, 3.63) is 12.2 Å². The van der Waals surface area contributed by atoms with E-state index in [4.69, 9.17) is 0 Å². The van der Waals surface area contributed by atoms with Crippen LogP contribution in [-0.2, 0) is 23.5 Å². The van der Waals surface area contributed by atoms with Gasteiger partial charge in [0, 0.05) is 26.1 Å². The fourth-order valence-electron chi connectivity index (χ4n) is 2.24. The molecule has 1 aromatic rings. The second-order valence-electron chi connectivity index (χ2n) is 4.93. The van der Waals surface area contributed by atoms with Crippen molar-refractivity contribution >= 4 is 10.0 Å². The van der Waals surface area contributed by atoms with Gasteiger partial charge in [0.25, 0.3) is 0 Å². The van der Waals surface area contributed by atoms with Crippen molar-refractivity contribution in [1.29, 1.82) is 0 Å². The van der Waals surface area contributed by atoms with Crippen molar-refractivity contribution in [2.75, 3.05) is 18.8 Å². The van der Waals surface area contributed by atoms with E-state index < -0.39 is 10.0 Å². The lowest BCUT2D eigenvalue weighted by atomic mass is 10.1. The Hall–Kier alpha value is -0.990. The van der Waals surface area contributed by atoms with Gasteiger partial charge < -0.3 is 9.88 Å². The van der Waals surface area contributed by atoms with E-state index in [1.807, 2.05) is 7.05 Å². The number of hydrogen-bond acceptors (Lipinski definition) is 5. The fourth-order valence-corrected chi connectivity index (χ4v) is 3.59. The molecular weight excluding hydrogens is 266 g/mol. The van der Waals surface area contributed by atoms with Gasteiger partial charge in [-0.1, -0.05) is 6.42 Å². The van der Waals surface area contributed by atoms with Crippen LogP contribution in [0.1, 0.15) is 25.1 Å². The zero-order chi connectivity index (χ0) is 13.7. The van der Waals surface area contributed by atoms with Gasteiger partial charge in [-0.15, -0.1) is 10.2 Å². The molecule has 8 heteroatoms. The topological polar surface area (TPSA) is 88.9 Å². The number of hydrogen-bond donors (Lipinski definition) is 2. The second-order valence-corrected chi connectivity index (χ2v) is 6.78. The second kappa shape index (κ2) is 6.44. The first kappa shape index (κ1) is 14.4. The third kappa shape index (κ3) is 4.55. The van der Waals surface area contributed by atoms with Crippen LogP contribution in [0.2, 0.25) is 0 Å². The molecule has 7 nitrogen and oxygen atoms in total. The molecule has 1 aromatic heterocycles. The molecule has 19 heavy (non-hydrogen) atoms. The first-order chi connectivity index (χ1) is 9.07. The van der Waals surface area contributed by atoms with E-state index in [0.29, 0.717) is 13.0 Å². The van der Waals surface area contributed by atoms with Crippen LogP contribution in [0.15, 0.2) is 6.33 Å². The van der Waals surface area contributed by atoms with Crippen molar-refractivity contribution < 1.29 is 8.42 Å². The maximum atomic E-state index is 11.9. The monoisotopic (exact) mass is 287 g/mol. The van der Waals surface area contributed by atoms with Crippen LogP contribution in [0.5, 0.6) is 0 Å². The van der Waals surface area contributed by atoms with Crippen LogP contribution in [0.3, 0.4) is 0 Å². The molecule has 1 aliphatic heterocycles. The molecule has 0 saturated carbocycles. The van der Waals surface area contributed by atoms with Crippen LogP contribution < -0.4 is 10.0 Å². The van der Waals surface area contributed by atoms with Gasteiger partial charge in [-0.2, -0.15) is 0 Å². The normalized spacial score (nSPS) is 20.6. The van der Waals surface area contributed by atoms with Crippen LogP contribution in [0, 0.1) is 0 Å². The fraction of sp³-hybridized carbons (Fsp3) is 0.818. The summed E-state index contributed by atoms with van der Waals surface area (Å²) in [6, 6.07) is 0.0843. The SMILES string of the molecule is Cn1cnnc1CCNS(=O)(=O)CC1CCCCN1. The van der Waals surface area contributed by atoms with Crippen molar-refractivity contribution in [1.82, 2.24) is 24.8 Å². The summed E-state index contributed by atoms with van der Waals surface area (Å²) in [4.78, 5) is 0. The molecule has 1 aliphatic rings. The minimum Gasteiger partial charge on any atom is -0.321 e. The molecule has 0 spiro atoms. The van der Waals surface area contributed by atoms with Gasteiger partial charge in [0.05, 0.1) is 5.75 Å². The number of piperidine rings is 1. The molecule has 0 amide bonds. The summed E-state index contributed by atoms with van der Waals surface area (Å²) >= 11 is 0. The summed E-state index contributed by atoms with van der Waals surface area (Å²) in [5.41, 5.74) is 0. The van der Waals surface area contributed by atoms with E-state index in [2.05, 4.69) is 20.2 Å². The molecule has 2 N–H and O–H groups in total. The highest BCUT2D eigenvalue weighted by atomic mass is 32.2. The lowest BCUT2D eigenvalue weighted by molar-refractivity contribution is 0.422. The smallest absolute Gasteiger partial charge is 0.213 e. The predicted molar refractivity (Wildman–Crippen MR) is 72.1 cm³/mol. The molecule has 2 heterocycles. The largest absolute Gasteiger partial charge is 0.321 e. The van der Waals surface area contributed by atoms with E-state index in [9.17, 15) is 8.42 Å². The van der Waals surface area contributed by atoms with Gasteiger partial charge in [-0.25, -0.2) is 13.1 Å².